The summed E-state index contributed by atoms with van der Waals surface area (Å²) in [6.07, 6.45) is 0. The van der Waals surface area contributed by atoms with E-state index in [2.05, 4.69) is 115 Å². The standard InChI is InChI=1S/C50H28N4O2S/c1-3-11-29(12-4-1)32-15-9-16-33(27-32)47-52-48(54-49(53-47)36-18-10-20-42-43(36)35-17-7-8-19-41(35)57-42)34-22-21-30-23-25-39-44(37(30)28-34)45-40(55-39)26-24-38-46(45)56-50(51-38)31-13-5-2-6-14-31/h1-28H. The van der Waals surface area contributed by atoms with Crippen molar-refractivity contribution in [1.29, 1.82) is 0 Å². The van der Waals surface area contributed by atoms with Crippen LogP contribution in [0.25, 0.3) is 121 Å². The van der Waals surface area contributed by atoms with E-state index in [1.54, 1.807) is 11.3 Å². The van der Waals surface area contributed by atoms with Crippen LogP contribution in [0.5, 0.6) is 0 Å². The first-order chi connectivity index (χ1) is 28.2. The smallest absolute Gasteiger partial charge is 0.227 e. The Bertz CT molecular complexity index is 3530. The number of hydrogen-bond donors (Lipinski definition) is 0. The summed E-state index contributed by atoms with van der Waals surface area (Å²) in [5, 5.41) is 6.27. The Hall–Kier alpha value is -7.48. The molecule has 0 bridgehead atoms. The van der Waals surface area contributed by atoms with E-state index in [0.29, 0.717) is 28.9 Å². The van der Waals surface area contributed by atoms with E-state index in [0.717, 1.165) is 77.0 Å². The van der Waals surface area contributed by atoms with Gasteiger partial charge in [0.05, 0.1) is 5.39 Å². The predicted octanol–water partition coefficient (Wildman–Crippen LogP) is 13.8. The maximum absolute atomic E-state index is 6.52. The highest BCUT2D eigenvalue weighted by atomic mass is 32.1. The third-order valence-corrected chi connectivity index (χ3v) is 11.9. The molecular weight excluding hydrogens is 721 g/mol. The van der Waals surface area contributed by atoms with Crippen LogP contribution in [-0.4, -0.2) is 19.9 Å². The molecule has 266 valence electrons. The van der Waals surface area contributed by atoms with Crippen LogP contribution in [0.1, 0.15) is 0 Å². The fourth-order valence-electron chi connectivity index (χ4n) is 8.08. The summed E-state index contributed by atoms with van der Waals surface area (Å²) in [7, 11) is 0. The van der Waals surface area contributed by atoms with Crippen LogP contribution in [0.2, 0.25) is 0 Å². The van der Waals surface area contributed by atoms with Crippen molar-refractivity contribution in [2.75, 3.05) is 0 Å². The Morgan fingerprint density at radius 3 is 1.89 bits per heavy atom. The van der Waals surface area contributed by atoms with Crippen molar-refractivity contribution in [3.8, 4) is 56.7 Å². The Morgan fingerprint density at radius 1 is 0.386 bits per heavy atom. The van der Waals surface area contributed by atoms with E-state index in [1.807, 2.05) is 54.6 Å². The summed E-state index contributed by atoms with van der Waals surface area (Å²) in [5.74, 6) is 2.38. The summed E-state index contributed by atoms with van der Waals surface area (Å²) in [4.78, 5) is 20.6. The quantitative estimate of drug-likeness (QED) is 0.174. The molecule has 0 saturated carbocycles. The van der Waals surface area contributed by atoms with Crippen LogP contribution < -0.4 is 0 Å². The van der Waals surface area contributed by atoms with E-state index in [4.69, 9.17) is 28.8 Å². The van der Waals surface area contributed by atoms with Gasteiger partial charge in [0.25, 0.3) is 0 Å². The zero-order valence-corrected chi connectivity index (χ0v) is 31.0. The molecule has 4 heterocycles. The molecule has 0 unspecified atom stereocenters. The lowest BCUT2D eigenvalue weighted by Gasteiger charge is -2.11. The Morgan fingerprint density at radius 2 is 1.04 bits per heavy atom. The molecule has 0 saturated heterocycles. The molecule has 0 aliphatic carbocycles. The SMILES string of the molecule is c1ccc(-c2cccc(-c3nc(-c4ccc5ccc6oc7ccc8nc(-c9ccccc9)oc8c7c6c5c4)nc(-c4cccc5sc6ccccc6c45)n3)c2)cc1. The van der Waals surface area contributed by atoms with Crippen molar-refractivity contribution in [3.63, 3.8) is 0 Å². The van der Waals surface area contributed by atoms with Crippen LogP contribution in [0.15, 0.2) is 179 Å². The molecule has 0 spiro atoms. The fourth-order valence-corrected chi connectivity index (χ4v) is 9.22. The van der Waals surface area contributed by atoms with E-state index >= 15 is 0 Å². The molecule has 0 radical (unpaired) electrons. The monoisotopic (exact) mass is 748 g/mol. The first kappa shape index (κ1) is 31.8. The zero-order valence-electron chi connectivity index (χ0n) is 30.2. The second kappa shape index (κ2) is 12.5. The van der Waals surface area contributed by atoms with E-state index in [1.165, 1.54) is 14.8 Å². The number of oxazole rings is 1. The number of thiophene rings is 1. The van der Waals surface area contributed by atoms with Gasteiger partial charge in [-0.25, -0.2) is 19.9 Å². The van der Waals surface area contributed by atoms with Crippen molar-refractivity contribution in [2.24, 2.45) is 0 Å². The van der Waals surface area contributed by atoms with Crippen LogP contribution in [-0.2, 0) is 0 Å². The molecule has 6 nitrogen and oxygen atoms in total. The van der Waals surface area contributed by atoms with Crippen LogP contribution >= 0.6 is 11.3 Å². The van der Waals surface area contributed by atoms with Gasteiger partial charge in [-0.1, -0.05) is 115 Å². The van der Waals surface area contributed by atoms with Crippen molar-refractivity contribution in [1.82, 2.24) is 19.9 Å². The van der Waals surface area contributed by atoms with Gasteiger partial charge in [-0.2, -0.15) is 0 Å². The molecule has 0 aliphatic heterocycles. The molecule has 0 aliphatic rings. The Labute approximate surface area is 329 Å². The van der Waals surface area contributed by atoms with E-state index < -0.39 is 0 Å². The number of aromatic nitrogens is 4. The topological polar surface area (TPSA) is 77.8 Å². The van der Waals surface area contributed by atoms with Gasteiger partial charge in [0.15, 0.2) is 23.1 Å². The summed E-state index contributed by atoms with van der Waals surface area (Å²) in [6.45, 7) is 0. The highest BCUT2D eigenvalue weighted by Gasteiger charge is 2.21. The van der Waals surface area contributed by atoms with Gasteiger partial charge in [0.1, 0.15) is 16.7 Å². The molecule has 0 atom stereocenters. The molecule has 57 heavy (non-hydrogen) atoms. The van der Waals surface area contributed by atoms with Gasteiger partial charge in [0.2, 0.25) is 5.89 Å². The van der Waals surface area contributed by atoms with Gasteiger partial charge in [-0.05, 0) is 76.5 Å². The number of benzene rings is 8. The molecule has 7 heteroatoms. The summed E-state index contributed by atoms with van der Waals surface area (Å²) in [6, 6.07) is 58.2. The van der Waals surface area contributed by atoms with Gasteiger partial charge in [-0.15, -0.1) is 11.3 Å². The average Bonchev–Trinajstić information content (AvgIpc) is 4.00. The average molecular weight is 749 g/mol. The summed E-state index contributed by atoms with van der Waals surface area (Å²) < 4.78 is 15.4. The molecule has 0 fully saturated rings. The maximum Gasteiger partial charge on any atom is 0.227 e. The number of nitrogens with zero attached hydrogens (tertiary/aromatic N) is 4. The van der Waals surface area contributed by atoms with E-state index in [9.17, 15) is 0 Å². The van der Waals surface area contributed by atoms with Crippen molar-refractivity contribution in [3.05, 3.63) is 170 Å². The highest BCUT2D eigenvalue weighted by Crippen LogP contribution is 2.42. The second-order valence-electron chi connectivity index (χ2n) is 14.2. The Kier molecular flexibility index (Phi) is 7.00. The molecule has 12 aromatic rings. The zero-order chi connectivity index (χ0) is 37.5. The third-order valence-electron chi connectivity index (χ3n) is 10.8. The molecule has 0 amide bonds. The molecule has 8 aromatic carbocycles. The number of fused-ring (bicyclic) bond motifs is 10. The van der Waals surface area contributed by atoms with Gasteiger partial charge >= 0.3 is 0 Å². The third kappa shape index (κ3) is 5.17. The van der Waals surface area contributed by atoms with Gasteiger partial charge < -0.3 is 8.83 Å². The lowest BCUT2D eigenvalue weighted by Crippen LogP contribution is -2.00. The number of hydrogen-bond acceptors (Lipinski definition) is 7. The second-order valence-corrected chi connectivity index (χ2v) is 15.3. The van der Waals surface area contributed by atoms with Crippen molar-refractivity contribution in [2.45, 2.75) is 0 Å². The lowest BCUT2D eigenvalue weighted by molar-refractivity contribution is 0.622. The van der Waals surface area contributed by atoms with Crippen LogP contribution in [0, 0.1) is 0 Å². The molecule has 0 N–H and O–H groups in total. The highest BCUT2D eigenvalue weighted by molar-refractivity contribution is 7.25. The molecule has 12 rings (SSSR count). The van der Waals surface area contributed by atoms with Crippen LogP contribution in [0.3, 0.4) is 0 Å². The van der Waals surface area contributed by atoms with Crippen LogP contribution in [0.4, 0.5) is 0 Å². The van der Waals surface area contributed by atoms with Gasteiger partial charge in [0, 0.05) is 47.8 Å². The first-order valence-corrected chi connectivity index (χ1v) is 19.6. The van der Waals surface area contributed by atoms with Gasteiger partial charge in [-0.3, -0.25) is 0 Å². The summed E-state index contributed by atoms with van der Waals surface area (Å²) in [5.41, 5.74) is 8.88. The largest absolute Gasteiger partial charge is 0.456 e. The van der Waals surface area contributed by atoms with Crippen molar-refractivity contribution >= 4 is 75.3 Å². The predicted molar refractivity (Wildman–Crippen MR) is 232 cm³/mol. The summed E-state index contributed by atoms with van der Waals surface area (Å²) >= 11 is 1.78. The molecular formula is C50H28N4O2S. The fraction of sp³-hybridized carbons (Fsp3) is 0. The minimum absolute atomic E-state index is 0.573. The maximum atomic E-state index is 6.52. The Balaban J connectivity index is 1.10. The van der Waals surface area contributed by atoms with E-state index in [-0.39, 0.29) is 0 Å². The minimum Gasteiger partial charge on any atom is -0.456 e. The van der Waals surface area contributed by atoms with Crippen molar-refractivity contribution < 1.29 is 8.83 Å². The lowest BCUT2D eigenvalue weighted by atomic mass is 10.0. The first-order valence-electron chi connectivity index (χ1n) is 18.8. The normalized spacial score (nSPS) is 11.9. The number of rotatable bonds is 5. The minimum atomic E-state index is 0.573. The molecule has 4 aromatic heterocycles. The number of furan rings is 1.